The molecule has 5 nitrogen and oxygen atoms in total. The highest BCUT2D eigenvalue weighted by Gasteiger charge is 2.34. The molecule has 0 bridgehead atoms. The van der Waals surface area contributed by atoms with E-state index in [1.807, 2.05) is 0 Å². The normalized spacial score (nSPS) is 18.1. The van der Waals surface area contributed by atoms with Crippen molar-refractivity contribution in [2.45, 2.75) is 18.4 Å². The van der Waals surface area contributed by atoms with E-state index in [1.165, 1.54) is 12.3 Å². The number of hydrogen-bond donors (Lipinski definition) is 2. The zero-order valence-electron chi connectivity index (χ0n) is 10.2. The zero-order valence-corrected chi connectivity index (χ0v) is 11.7. The number of nitrogens with zero attached hydrogens (tertiary/aromatic N) is 1. The Morgan fingerprint density at radius 1 is 1.47 bits per heavy atom. The number of aliphatic hydroxyl groups excluding tert-OH is 1. The van der Waals surface area contributed by atoms with Crippen LogP contribution in [0.4, 0.5) is 0 Å². The Kier molecular flexibility index (Phi) is 4.62. The molecular formula is C12H14Cl2N2O3. The van der Waals surface area contributed by atoms with Gasteiger partial charge >= 0.3 is 0 Å². The Hall–Kier alpha value is -0.880. The zero-order chi connectivity index (χ0) is 13.9. The lowest BCUT2D eigenvalue weighted by Gasteiger charge is -2.36. The van der Waals surface area contributed by atoms with Crippen LogP contribution in [0.3, 0.4) is 0 Å². The third-order valence-electron chi connectivity index (χ3n) is 3.20. The largest absolute Gasteiger partial charge is 0.394 e. The van der Waals surface area contributed by atoms with E-state index < -0.39 is 5.54 Å². The van der Waals surface area contributed by atoms with Gasteiger partial charge in [0.15, 0.2) is 0 Å². The Balaban J connectivity index is 2.17. The lowest BCUT2D eigenvalue weighted by Crippen LogP contribution is -2.54. The molecule has 0 aliphatic carbocycles. The van der Waals surface area contributed by atoms with E-state index in [0.29, 0.717) is 26.1 Å². The number of amides is 1. The standard InChI is InChI=1S/C12H14Cl2N2O3/c13-9-6-15-10(14)5-8(9)11(18)16-12(7-17)1-3-19-4-2-12/h5-6,17H,1-4,7H2,(H,16,18). The van der Waals surface area contributed by atoms with Crippen LogP contribution in [-0.4, -0.2) is 41.4 Å². The van der Waals surface area contributed by atoms with Crippen molar-refractivity contribution in [3.63, 3.8) is 0 Å². The molecule has 2 heterocycles. The summed E-state index contributed by atoms with van der Waals surface area (Å²) >= 11 is 11.7. The van der Waals surface area contributed by atoms with Gasteiger partial charge in [-0.25, -0.2) is 4.98 Å². The van der Waals surface area contributed by atoms with Crippen molar-refractivity contribution in [1.29, 1.82) is 0 Å². The number of pyridine rings is 1. The van der Waals surface area contributed by atoms with Gasteiger partial charge in [0, 0.05) is 19.4 Å². The number of aromatic nitrogens is 1. The molecule has 0 spiro atoms. The molecule has 0 unspecified atom stereocenters. The quantitative estimate of drug-likeness (QED) is 0.833. The molecule has 104 valence electrons. The van der Waals surface area contributed by atoms with E-state index in [9.17, 15) is 9.90 Å². The fourth-order valence-corrected chi connectivity index (χ4v) is 2.33. The fraction of sp³-hybridized carbons (Fsp3) is 0.500. The number of carbonyl (C=O) groups excluding carboxylic acids is 1. The molecule has 19 heavy (non-hydrogen) atoms. The molecular weight excluding hydrogens is 291 g/mol. The van der Waals surface area contributed by atoms with Gasteiger partial charge in [0.25, 0.3) is 5.91 Å². The van der Waals surface area contributed by atoms with Crippen molar-refractivity contribution < 1.29 is 14.6 Å². The maximum Gasteiger partial charge on any atom is 0.253 e. The van der Waals surface area contributed by atoms with E-state index in [2.05, 4.69) is 10.3 Å². The van der Waals surface area contributed by atoms with E-state index in [-0.39, 0.29) is 28.3 Å². The fourth-order valence-electron chi connectivity index (χ4n) is 1.98. The Labute approximate surface area is 120 Å². The Bertz CT molecular complexity index is 476. The summed E-state index contributed by atoms with van der Waals surface area (Å²) in [4.78, 5) is 16.0. The van der Waals surface area contributed by atoms with Crippen LogP contribution in [0.25, 0.3) is 0 Å². The minimum atomic E-state index is -0.658. The molecule has 2 rings (SSSR count). The highest BCUT2D eigenvalue weighted by Crippen LogP contribution is 2.23. The van der Waals surface area contributed by atoms with Gasteiger partial charge < -0.3 is 15.2 Å². The van der Waals surface area contributed by atoms with Crippen molar-refractivity contribution in [2.75, 3.05) is 19.8 Å². The van der Waals surface area contributed by atoms with Gasteiger partial charge in [-0.3, -0.25) is 4.79 Å². The number of hydrogen-bond acceptors (Lipinski definition) is 4. The predicted octanol–water partition coefficient (Wildman–Crippen LogP) is 1.66. The lowest BCUT2D eigenvalue weighted by atomic mass is 9.90. The van der Waals surface area contributed by atoms with Crippen LogP contribution in [0.5, 0.6) is 0 Å². The maximum atomic E-state index is 12.2. The SMILES string of the molecule is O=C(NC1(CO)CCOCC1)c1cc(Cl)ncc1Cl. The molecule has 7 heteroatoms. The van der Waals surface area contributed by atoms with Gasteiger partial charge in [-0.2, -0.15) is 0 Å². The average molecular weight is 305 g/mol. The molecule has 1 fully saturated rings. The summed E-state index contributed by atoms with van der Waals surface area (Å²) in [5, 5.41) is 12.8. The highest BCUT2D eigenvalue weighted by atomic mass is 35.5. The average Bonchev–Trinajstić information content (AvgIpc) is 2.42. The van der Waals surface area contributed by atoms with Crippen molar-refractivity contribution in [2.24, 2.45) is 0 Å². The predicted molar refractivity (Wildman–Crippen MR) is 71.6 cm³/mol. The third-order valence-corrected chi connectivity index (χ3v) is 3.71. The lowest BCUT2D eigenvalue weighted by molar-refractivity contribution is 0.0125. The molecule has 1 aromatic heterocycles. The van der Waals surface area contributed by atoms with E-state index in [4.69, 9.17) is 27.9 Å². The number of rotatable bonds is 3. The van der Waals surface area contributed by atoms with Crippen LogP contribution in [0.2, 0.25) is 10.2 Å². The van der Waals surface area contributed by atoms with E-state index in [1.54, 1.807) is 0 Å². The third kappa shape index (κ3) is 3.36. The summed E-state index contributed by atoms with van der Waals surface area (Å²) in [5.41, 5.74) is -0.407. The monoisotopic (exact) mass is 304 g/mol. The summed E-state index contributed by atoms with van der Waals surface area (Å²) in [6, 6.07) is 1.41. The molecule has 0 saturated carbocycles. The molecule has 1 aromatic rings. The minimum absolute atomic E-state index is 0.140. The van der Waals surface area contributed by atoms with Gasteiger partial charge in [0.05, 0.1) is 22.7 Å². The molecule has 1 aliphatic heterocycles. The van der Waals surface area contributed by atoms with Crippen LogP contribution in [0, 0.1) is 0 Å². The summed E-state index contributed by atoms with van der Waals surface area (Å²) in [6.07, 6.45) is 2.45. The van der Waals surface area contributed by atoms with Crippen molar-refractivity contribution in [3.05, 3.63) is 28.0 Å². The number of aliphatic hydroxyl groups is 1. The summed E-state index contributed by atoms with van der Waals surface area (Å²) in [6.45, 7) is 0.871. The van der Waals surface area contributed by atoms with Crippen LogP contribution in [0.1, 0.15) is 23.2 Å². The van der Waals surface area contributed by atoms with Crippen LogP contribution in [-0.2, 0) is 4.74 Å². The number of ether oxygens (including phenoxy) is 1. The molecule has 0 aromatic carbocycles. The van der Waals surface area contributed by atoms with Gasteiger partial charge in [0.1, 0.15) is 5.15 Å². The van der Waals surface area contributed by atoms with Crippen molar-refractivity contribution in [3.8, 4) is 0 Å². The molecule has 1 saturated heterocycles. The number of carbonyl (C=O) groups is 1. The molecule has 1 amide bonds. The molecule has 0 radical (unpaired) electrons. The topological polar surface area (TPSA) is 71.5 Å². The van der Waals surface area contributed by atoms with Crippen LogP contribution < -0.4 is 5.32 Å². The smallest absolute Gasteiger partial charge is 0.253 e. The van der Waals surface area contributed by atoms with E-state index in [0.717, 1.165) is 0 Å². The molecule has 0 atom stereocenters. The van der Waals surface area contributed by atoms with Crippen molar-refractivity contribution >= 4 is 29.1 Å². The Morgan fingerprint density at radius 2 is 2.16 bits per heavy atom. The van der Waals surface area contributed by atoms with Crippen molar-refractivity contribution in [1.82, 2.24) is 10.3 Å². The Morgan fingerprint density at radius 3 is 2.79 bits per heavy atom. The van der Waals surface area contributed by atoms with Gasteiger partial charge in [-0.1, -0.05) is 23.2 Å². The minimum Gasteiger partial charge on any atom is -0.394 e. The second-order valence-electron chi connectivity index (χ2n) is 4.49. The second-order valence-corrected chi connectivity index (χ2v) is 5.29. The van der Waals surface area contributed by atoms with Crippen LogP contribution in [0.15, 0.2) is 12.3 Å². The first-order chi connectivity index (χ1) is 9.06. The maximum absolute atomic E-state index is 12.2. The van der Waals surface area contributed by atoms with Crippen LogP contribution >= 0.6 is 23.2 Å². The first kappa shape index (κ1) is 14.5. The van der Waals surface area contributed by atoms with E-state index >= 15 is 0 Å². The van der Waals surface area contributed by atoms with Gasteiger partial charge in [0.2, 0.25) is 0 Å². The highest BCUT2D eigenvalue weighted by molar-refractivity contribution is 6.35. The summed E-state index contributed by atoms with van der Waals surface area (Å²) < 4.78 is 5.24. The van der Waals surface area contributed by atoms with Gasteiger partial charge in [-0.15, -0.1) is 0 Å². The first-order valence-electron chi connectivity index (χ1n) is 5.88. The second kappa shape index (κ2) is 6.05. The number of nitrogens with one attached hydrogen (secondary N) is 1. The summed E-state index contributed by atoms with van der Waals surface area (Å²) in [5.74, 6) is -0.370. The van der Waals surface area contributed by atoms with Gasteiger partial charge in [-0.05, 0) is 18.9 Å². The molecule has 2 N–H and O–H groups in total. The first-order valence-corrected chi connectivity index (χ1v) is 6.64. The summed E-state index contributed by atoms with van der Waals surface area (Å²) in [7, 11) is 0. The number of halogens is 2. The molecule has 1 aliphatic rings.